The van der Waals surface area contributed by atoms with E-state index in [4.69, 9.17) is 11.6 Å². The fourth-order valence-electron chi connectivity index (χ4n) is 2.72. The Morgan fingerprint density at radius 3 is 2.56 bits per heavy atom. The number of nitrogens with one attached hydrogen (secondary N) is 1. The Morgan fingerprint density at radius 1 is 1.16 bits per heavy atom. The van der Waals surface area contributed by atoms with E-state index in [1.54, 1.807) is 24.3 Å². The van der Waals surface area contributed by atoms with Gasteiger partial charge in [-0.05, 0) is 32.0 Å². The first-order valence-electron chi connectivity index (χ1n) is 7.89. The van der Waals surface area contributed by atoms with Gasteiger partial charge in [0.05, 0.1) is 0 Å². The summed E-state index contributed by atoms with van der Waals surface area (Å²) in [5.74, 6) is -0.550. The highest BCUT2D eigenvalue weighted by Crippen LogP contribution is 2.26. The number of hydrogen-bond acceptors (Lipinski definition) is 3. The maximum Gasteiger partial charge on any atom is 0.275 e. The van der Waals surface area contributed by atoms with Gasteiger partial charge in [0.25, 0.3) is 5.91 Å². The van der Waals surface area contributed by atoms with Gasteiger partial charge in [0.1, 0.15) is 17.9 Å². The Morgan fingerprint density at radius 2 is 1.88 bits per heavy atom. The first-order valence-corrected chi connectivity index (χ1v) is 8.27. The number of hydrogen-bond donors (Lipinski definition) is 1. The van der Waals surface area contributed by atoms with Gasteiger partial charge in [0.15, 0.2) is 0 Å². The molecule has 0 bridgehead atoms. The van der Waals surface area contributed by atoms with Crippen molar-refractivity contribution in [3.63, 3.8) is 0 Å². The molecule has 0 saturated carbocycles. The molecule has 1 heterocycles. The van der Waals surface area contributed by atoms with Gasteiger partial charge in [-0.3, -0.25) is 14.6 Å². The standard InChI is InChI=1S/C19H18ClN3O2/c1-19(2)22-17(13-7-4-3-5-8-13)18(25)23(19)12-16(24)21-15-10-6-9-14(20)11-15/h3-11H,12H2,1-2H3,(H,21,24). The molecule has 25 heavy (non-hydrogen) atoms. The van der Waals surface area contributed by atoms with Crippen LogP contribution in [-0.4, -0.2) is 34.6 Å². The number of aliphatic imine (C=N–C) groups is 1. The Balaban J connectivity index is 1.75. The second-order valence-corrected chi connectivity index (χ2v) is 6.71. The smallest absolute Gasteiger partial charge is 0.275 e. The minimum Gasteiger partial charge on any atom is -0.324 e. The highest BCUT2D eigenvalue weighted by atomic mass is 35.5. The minimum absolute atomic E-state index is 0.0851. The van der Waals surface area contributed by atoms with E-state index in [1.807, 2.05) is 44.2 Å². The van der Waals surface area contributed by atoms with Crippen molar-refractivity contribution in [3.8, 4) is 0 Å². The van der Waals surface area contributed by atoms with Gasteiger partial charge in [-0.1, -0.05) is 48.0 Å². The molecule has 0 atom stereocenters. The van der Waals surface area contributed by atoms with E-state index >= 15 is 0 Å². The summed E-state index contributed by atoms with van der Waals surface area (Å²) >= 11 is 5.92. The van der Waals surface area contributed by atoms with E-state index < -0.39 is 5.66 Å². The van der Waals surface area contributed by atoms with Crippen LogP contribution in [0.25, 0.3) is 0 Å². The SMILES string of the molecule is CC1(C)N=C(c2ccccc2)C(=O)N1CC(=O)Nc1cccc(Cl)c1. The number of carbonyl (C=O) groups excluding carboxylic acids is 2. The molecular formula is C19H18ClN3O2. The normalized spacial score (nSPS) is 15.9. The predicted octanol–water partition coefficient (Wildman–Crippen LogP) is 3.35. The number of nitrogens with zero attached hydrogens (tertiary/aromatic N) is 2. The zero-order chi connectivity index (χ0) is 18.0. The molecule has 1 aliphatic rings. The third-order valence-electron chi connectivity index (χ3n) is 3.95. The van der Waals surface area contributed by atoms with E-state index in [-0.39, 0.29) is 18.4 Å². The molecule has 0 unspecified atom stereocenters. The maximum absolute atomic E-state index is 12.8. The first-order chi connectivity index (χ1) is 11.9. The number of benzene rings is 2. The van der Waals surface area contributed by atoms with E-state index in [0.29, 0.717) is 16.4 Å². The summed E-state index contributed by atoms with van der Waals surface area (Å²) in [5.41, 5.74) is 0.930. The molecule has 5 nitrogen and oxygen atoms in total. The van der Waals surface area contributed by atoms with Crippen LogP contribution in [0.5, 0.6) is 0 Å². The summed E-state index contributed by atoms with van der Waals surface area (Å²) in [6, 6.07) is 16.1. The Bertz CT molecular complexity index is 847. The van der Waals surface area contributed by atoms with Crippen molar-refractivity contribution in [2.24, 2.45) is 4.99 Å². The van der Waals surface area contributed by atoms with Crippen LogP contribution in [0.2, 0.25) is 5.02 Å². The molecule has 128 valence electrons. The molecule has 0 aliphatic carbocycles. The molecule has 2 aromatic carbocycles. The third kappa shape index (κ3) is 3.72. The molecule has 2 amide bonds. The Hall–Kier alpha value is -2.66. The topological polar surface area (TPSA) is 61.8 Å². The lowest BCUT2D eigenvalue weighted by atomic mass is 10.1. The predicted molar refractivity (Wildman–Crippen MR) is 98.9 cm³/mol. The van der Waals surface area contributed by atoms with Gasteiger partial charge in [-0.25, -0.2) is 0 Å². The van der Waals surface area contributed by atoms with Crippen molar-refractivity contribution in [2.45, 2.75) is 19.5 Å². The lowest BCUT2D eigenvalue weighted by molar-refractivity contribution is -0.131. The molecule has 0 saturated heterocycles. The molecule has 2 aromatic rings. The quantitative estimate of drug-likeness (QED) is 0.914. The second-order valence-electron chi connectivity index (χ2n) is 6.27. The van der Waals surface area contributed by atoms with Crippen LogP contribution in [-0.2, 0) is 9.59 Å². The van der Waals surface area contributed by atoms with Gasteiger partial charge >= 0.3 is 0 Å². The molecular weight excluding hydrogens is 338 g/mol. The van der Waals surface area contributed by atoms with E-state index in [0.717, 1.165) is 5.56 Å². The largest absolute Gasteiger partial charge is 0.324 e. The van der Waals surface area contributed by atoms with Crippen molar-refractivity contribution in [2.75, 3.05) is 11.9 Å². The number of carbonyl (C=O) groups is 2. The molecule has 3 rings (SSSR count). The number of halogens is 1. The molecule has 0 aromatic heterocycles. The van der Waals surface area contributed by atoms with Gasteiger partial charge in [0, 0.05) is 16.3 Å². The van der Waals surface area contributed by atoms with Gasteiger partial charge in [0.2, 0.25) is 5.91 Å². The molecule has 0 spiro atoms. The van der Waals surface area contributed by atoms with Crippen LogP contribution in [0, 0.1) is 0 Å². The van der Waals surface area contributed by atoms with Crippen molar-refractivity contribution >= 4 is 34.8 Å². The summed E-state index contributed by atoms with van der Waals surface area (Å²) in [6.45, 7) is 3.54. The average molecular weight is 356 g/mol. The van der Waals surface area contributed by atoms with E-state index in [2.05, 4.69) is 10.3 Å². The number of amides is 2. The maximum atomic E-state index is 12.8. The van der Waals surface area contributed by atoms with Crippen LogP contribution in [0.15, 0.2) is 59.6 Å². The lowest BCUT2D eigenvalue weighted by Gasteiger charge is -2.28. The number of anilines is 1. The Kier molecular flexibility index (Phi) is 4.59. The van der Waals surface area contributed by atoms with Crippen LogP contribution >= 0.6 is 11.6 Å². The van der Waals surface area contributed by atoms with Gasteiger partial charge in [-0.15, -0.1) is 0 Å². The molecule has 6 heteroatoms. The molecule has 0 fully saturated rings. The van der Waals surface area contributed by atoms with Crippen LogP contribution in [0.3, 0.4) is 0 Å². The van der Waals surface area contributed by atoms with Crippen LogP contribution < -0.4 is 5.32 Å². The molecule has 0 radical (unpaired) electrons. The van der Waals surface area contributed by atoms with Crippen LogP contribution in [0.4, 0.5) is 5.69 Å². The zero-order valence-electron chi connectivity index (χ0n) is 14.0. The monoisotopic (exact) mass is 355 g/mol. The minimum atomic E-state index is -0.784. The van der Waals surface area contributed by atoms with Crippen molar-refractivity contribution in [1.29, 1.82) is 0 Å². The van der Waals surface area contributed by atoms with E-state index in [1.165, 1.54) is 4.90 Å². The second kappa shape index (κ2) is 6.69. The first kappa shape index (κ1) is 17.2. The highest BCUT2D eigenvalue weighted by Gasteiger charge is 2.41. The third-order valence-corrected chi connectivity index (χ3v) is 4.19. The molecule has 1 aliphatic heterocycles. The van der Waals surface area contributed by atoms with Crippen molar-refractivity contribution < 1.29 is 9.59 Å². The summed E-state index contributed by atoms with van der Waals surface area (Å²) in [6.07, 6.45) is 0. The summed E-state index contributed by atoms with van der Waals surface area (Å²) in [4.78, 5) is 31.1. The van der Waals surface area contributed by atoms with Crippen molar-refractivity contribution in [1.82, 2.24) is 4.90 Å². The van der Waals surface area contributed by atoms with Crippen LogP contribution in [0.1, 0.15) is 19.4 Å². The fourth-order valence-corrected chi connectivity index (χ4v) is 2.91. The lowest BCUT2D eigenvalue weighted by Crippen LogP contribution is -2.46. The fraction of sp³-hybridized carbons (Fsp3) is 0.211. The summed E-state index contributed by atoms with van der Waals surface area (Å²) in [5, 5.41) is 3.29. The average Bonchev–Trinajstić information content (AvgIpc) is 2.79. The summed E-state index contributed by atoms with van der Waals surface area (Å²) < 4.78 is 0. The molecule has 1 N–H and O–H groups in total. The summed E-state index contributed by atoms with van der Waals surface area (Å²) in [7, 11) is 0. The van der Waals surface area contributed by atoms with Gasteiger partial charge in [-0.2, -0.15) is 0 Å². The highest BCUT2D eigenvalue weighted by molar-refractivity contribution is 6.47. The Labute approximate surface area is 151 Å². The number of rotatable bonds is 4. The van der Waals surface area contributed by atoms with Crippen molar-refractivity contribution in [3.05, 3.63) is 65.2 Å². The van der Waals surface area contributed by atoms with Gasteiger partial charge < -0.3 is 10.2 Å². The zero-order valence-corrected chi connectivity index (χ0v) is 14.7. The van der Waals surface area contributed by atoms with E-state index in [9.17, 15) is 9.59 Å².